The second-order valence-corrected chi connectivity index (χ2v) is 13.8. The number of nitrogens with zero attached hydrogens (tertiary/aromatic N) is 2. The lowest BCUT2D eigenvalue weighted by atomic mass is 9.67. The number of ketones is 1. The Balaban J connectivity index is 1.69. The molecule has 0 aromatic heterocycles. The first kappa shape index (κ1) is 30.3. The normalized spacial score (nSPS) is 18.3. The van der Waals surface area contributed by atoms with Gasteiger partial charge < -0.3 is 5.73 Å². The van der Waals surface area contributed by atoms with E-state index in [4.69, 9.17) is 28.9 Å². The maximum Gasteiger partial charge on any atom is 0.162 e. The van der Waals surface area contributed by atoms with E-state index in [2.05, 4.69) is 58.9 Å². The molecule has 216 valence electrons. The summed E-state index contributed by atoms with van der Waals surface area (Å²) in [5.41, 5.74) is 14.9. The van der Waals surface area contributed by atoms with E-state index in [1.165, 1.54) is 0 Å². The zero-order valence-electron chi connectivity index (χ0n) is 24.6. The topological polar surface area (TPSA) is 70.1 Å². The standard InChI is InChI=1S/C35H35Cl2N3OS/c1-6-22-9-7-8-10-28(22)40-29-16-35(4,5)17-30(41)33(29)32(26(18-38)34(40)39)25-14-20(2)13-23(21(25)3)19-42-31-15-24(36)11-12-27(31)37/h7-15,32H,6,16-17,19,39H2,1-5H3. The van der Waals surface area contributed by atoms with Crippen molar-refractivity contribution in [1.82, 2.24) is 0 Å². The quantitative estimate of drug-likeness (QED) is 0.280. The van der Waals surface area contributed by atoms with Crippen molar-refractivity contribution in [1.29, 1.82) is 5.26 Å². The Labute approximate surface area is 263 Å². The predicted octanol–water partition coefficient (Wildman–Crippen LogP) is 9.41. The number of anilines is 1. The van der Waals surface area contributed by atoms with Gasteiger partial charge in [-0.3, -0.25) is 9.69 Å². The van der Waals surface area contributed by atoms with Crippen molar-refractivity contribution in [3.63, 3.8) is 0 Å². The molecule has 0 saturated carbocycles. The van der Waals surface area contributed by atoms with Gasteiger partial charge in [-0.05, 0) is 78.6 Å². The van der Waals surface area contributed by atoms with E-state index >= 15 is 0 Å². The smallest absolute Gasteiger partial charge is 0.162 e. The summed E-state index contributed by atoms with van der Waals surface area (Å²) in [5, 5.41) is 11.9. The number of carbonyl (C=O) groups is 1. The molecule has 0 amide bonds. The van der Waals surface area contributed by atoms with Gasteiger partial charge in [0.25, 0.3) is 0 Å². The number of nitrogens with two attached hydrogens (primary N) is 1. The minimum absolute atomic E-state index is 0.0769. The molecule has 0 radical (unpaired) electrons. The first-order chi connectivity index (χ1) is 20.0. The minimum Gasteiger partial charge on any atom is -0.384 e. The fourth-order valence-electron chi connectivity index (χ4n) is 6.28. The van der Waals surface area contributed by atoms with Gasteiger partial charge in [-0.1, -0.05) is 79.9 Å². The first-order valence-corrected chi connectivity index (χ1v) is 15.9. The van der Waals surface area contributed by atoms with E-state index in [0.29, 0.717) is 45.6 Å². The summed E-state index contributed by atoms with van der Waals surface area (Å²) in [5.74, 6) is 0.609. The molecule has 3 aromatic carbocycles. The van der Waals surface area contributed by atoms with Gasteiger partial charge in [-0.2, -0.15) is 5.26 Å². The molecule has 42 heavy (non-hydrogen) atoms. The lowest BCUT2D eigenvalue weighted by Crippen LogP contribution is -2.42. The number of halogens is 2. The van der Waals surface area contributed by atoms with Gasteiger partial charge in [0.1, 0.15) is 5.82 Å². The van der Waals surface area contributed by atoms with Crippen molar-refractivity contribution in [2.75, 3.05) is 4.90 Å². The van der Waals surface area contributed by atoms with Crippen LogP contribution in [0.2, 0.25) is 10.0 Å². The third-order valence-corrected chi connectivity index (χ3v) is 10.1. The monoisotopic (exact) mass is 615 g/mol. The van der Waals surface area contributed by atoms with Crippen LogP contribution < -0.4 is 10.6 Å². The Morgan fingerprint density at radius 1 is 1.07 bits per heavy atom. The third kappa shape index (κ3) is 5.61. The van der Waals surface area contributed by atoms with Crippen molar-refractivity contribution in [3.8, 4) is 6.07 Å². The van der Waals surface area contributed by atoms with Crippen LogP contribution in [0.4, 0.5) is 5.69 Å². The highest BCUT2D eigenvalue weighted by Gasteiger charge is 2.45. The number of Topliss-reactive ketones (excluding diaryl/α,β-unsaturated/α-hetero) is 1. The molecule has 4 nitrogen and oxygen atoms in total. The SMILES string of the molecule is CCc1ccccc1N1C(N)=C(C#N)C(c2cc(C)cc(CSc3cc(Cl)ccc3Cl)c2C)C2=C1CC(C)(C)CC2=O. The highest BCUT2D eigenvalue weighted by Crippen LogP contribution is 2.51. The second-order valence-electron chi connectivity index (χ2n) is 12.0. The van der Waals surface area contributed by atoms with Crippen LogP contribution in [-0.2, 0) is 17.0 Å². The number of aryl methyl sites for hydroxylation is 2. The van der Waals surface area contributed by atoms with Gasteiger partial charge in [0.2, 0.25) is 0 Å². The average Bonchev–Trinajstić information content (AvgIpc) is 2.94. The molecular formula is C35H35Cl2N3OS. The molecule has 7 heteroatoms. The van der Waals surface area contributed by atoms with E-state index in [0.717, 1.165) is 50.5 Å². The van der Waals surface area contributed by atoms with Gasteiger partial charge in [-0.15, -0.1) is 11.8 Å². The van der Waals surface area contributed by atoms with E-state index in [1.807, 2.05) is 35.2 Å². The van der Waals surface area contributed by atoms with Gasteiger partial charge in [0, 0.05) is 33.4 Å². The number of hydrogen-bond donors (Lipinski definition) is 1. The van der Waals surface area contributed by atoms with Crippen molar-refractivity contribution < 1.29 is 4.79 Å². The molecule has 0 saturated heterocycles. The summed E-state index contributed by atoms with van der Waals surface area (Å²) < 4.78 is 0. The number of benzene rings is 3. The minimum atomic E-state index is -0.531. The number of hydrogen-bond acceptors (Lipinski definition) is 5. The number of carbonyl (C=O) groups excluding carboxylic acids is 1. The molecule has 5 rings (SSSR count). The summed E-state index contributed by atoms with van der Waals surface area (Å²) in [7, 11) is 0. The Kier molecular flexibility index (Phi) is 8.54. The number of rotatable bonds is 6. The van der Waals surface area contributed by atoms with E-state index < -0.39 is 5.92 Å². The van der Waals surface area contributed by atoms with Crippen molar-refractivity contribution in [3.05, 3.63) is 115 Å². The summed E-state index contributed by atoms with van der Waals surface area (Å²) >= 11 is 14.3. The number of para-hydroxylation sites is 1. The number of nitriles is 1. The molecule has 3 aromatic rings. The first-order valence-electron chi connectivity index (χ1n) is 14.2. The van der Waals surface area contributed by atoms with Crippen LogP contribution in [0.15, 0.2) is 82.2 Å². The highest BCUT2D eigenvalue weighted by atomic mass is 35.5. The molecule has 1 aliphatic heterocycles. The lowest BCUT2D eigenvalue weighted by Gasteiger charge is -2.44. The highest BCUT2D eigenvalue weighted by molar-refractivity contribution is 7.98. The van der Waals surface area contributed by atoms with Crippen molar-refractivity contribution in [2.45, 2.75) is 70.4 Å². The lowest BCUT2D eigenvalue weighted by molar-refractivity contribution is -0.118. The Bertz CT molecular complexity index is 1700. The Morgan fingerprint density at radius 2 is 1.81 bits per heavy atom. The molecule has 1 heterocycles. The van der Waals surface area contributed by atoms with Crippen LogP contribution in [0.1, 0.15) is 67.3 Å². The van der Waals surface area contributed by atoms with Crippen LogP contribution in [0.25, 0.3) is 0 Å². The Morgan fingerprint density at radius 3 is 2.52 bits per heavy atom. The van der Waals surface area contributed by atoms with Crippen LogP contribution in [0, 0.1) is 30.6 Å². The maximum absolute atomic E-state index is 14.1. The van der Waals surface area contributed by atoms with Crippen LogP contribution in [-0.4, -0.2) is 5.78 Å². The van der Waals surface area contributed by atoms with E-state index in [-0.39, 0.29) is 11.2 Å². The van der Waals surface area contributed by atoms with Crippen LogP contribution in [0.3, 0.4) is 0 Å². The second kappa shape index (κ2) is 11.8. The largest absolute Gasteiger partial charge is 0.384 e. The van der Waals surface area contributed by atoms with E-state index in [9.17, 15) is 10.1 Å². The van der Waals surface area contributed by atoms with E-state index in [1.54, 1.807) is 17.8 Å². The zero-order chi connectivity index (χ0) is 30.3. The van der Waals surface area contributed by atoms with Gasteiger partial charge in [-0.25, -0.2) is 0 Å². The fourth-order valence-corrected chi connectivity index (χ4v) is 7.82. The molecular weight excluding hydrogens is 581 g/mol. The molecule has 0 fully saturated rings. The summed E-state index contributed by atoms with van der Waals surface area (Å²) in [6.07, 6.45) is 1.91. The van der Waals surface area contributed by atoms with Crippen LogP contribution >= 0.6 is 35.0 Å². The van der Waals surface area contributed by atoms with Crippen molar-refractivity contribution in [2.24, 2.45) is 11.1 Å². The molecule has 1 atom stereocenters. The number of thioether (sulfide) groups is 1. The van der Waals surface area contributed by atoms with Gasteiger partial charge >= 0.3 is 0 Å². The van der Waals surface area contributed by atoms with Gasteiger partial charge in [0.05, 0.1) is 28.3 Å². The average molecular weight is 617 g/mol. The molecule has 1 unspecified atom stereocenters. The van der Waals surface area contributed by atoms with Gasteiger partial charge in [0.15, 0.2) is 5.78 Å². The molecule has 0 spiro atoms. The summed E-state index contributed by atoms with van der Waals surface area (Å²) in [6.45, 7) is 10.5. The summed E-state index contributed by atoms with van der Waals surface area (Å²) in [4.78, 5) is 17.0. The predicted molar refractivity (Wildman–Crippen MR) is 175 cm³/mol. The van der Waals surface area contributed by atoms with Crippen molar-refractivity contribution >= 4 is 46.4 Å². The fraction of sp³-hybridized carbons (Fsp3) is 0.314. The summed E-state index contributed by atoms with van der Waals surface area (Å²) in [6, 6.07) is 20.3. The molecule has 0 bridgehead atoms. The molecule has 1 aliphatic carbocycles. The number of allylic oxidation sites excluding steroid dienone is 3. The molecule has 2 N–H and O–H groups in total. The van der Waals surface area contributed by atoms with Crippen LogP contribution in [0.5, 0.6) is 0 Å². The Hall–Kier alpha value is -3.17. The third-order valence-electron chi connectivity index (χ3n) is 8.28. The maximum atomic E-state index is 14.1. The zero-order valence-corrected chi connectivity index (χ0v) is 27.0. The molecule has 2 aliphatic rings.